The quantitative estimate of drug-likeness (QED) is 0.234. The number of hydrogen-bond acceptors (Lipinski definition) is 7. The van der Waals surface area contributed by atoms with Gasteiger partial charge in [-0.3, -0.25) is 19.7 Å². The van der Waals surface area contributed by atoms with Crippen molar-refractivity contribution < 1.29 is 33.4 Å². The number of halogens is 2. The summed E-state index contributed by atoms with van der Waals surface area (Å²) in [5.74, 6) is -1.27. The van der Waals surface area contributed by atoms with Crippen molar-refractivity contribution in [2.45, 2.75) is 13.8 Å². The van der Waals surface area contributed by atoms with E-state index in [1.165, 1.54) is 30.3 Å². The molecule has 10 nitrogen and oxygen atoms in total. The molecule has 4 rings (SSSR count). The Morgan fingerprint density at radius 3 is 2.27 bits per heavy atom. The normalized spacial score (nSPS) is 14.1. The molecule has 0 bridgehead atoms. The van der Waals surface area contributed by atoms with E-state index < -0.39 is 23.8 Å². The molecule has 0 aromatic heterocycles. The highest BCUT2D eigenvalue weighted by Crippen LogP contribution is 2.37. The largest absolute Gasteiger partial charge is 0.494 e. The number of urea groups is 1. The third-order valence-electron chi connectivity index (χ3n) is 5.63. The molecule has 3 aromatic rings. The number of barbiturate groups is 1. The molecule has 41 heavy (non-hydrogen) atoms. The van der Waals surface area contributed by atoms with E-state index in [-0.39, 0.29) is 41.0 Å². The Balaban J connectivity index is 1.56. The summed E-state index contributed by atoms with van der Waals surface area (Å²) >= 11 is 12.3. The molecular formula is C29H25Cl2N3O7. The van der Waals surface area contributed by atoms with Crippen molar-refractivity contribution >= 4 is 64.4 Å². The van der Waals surface area contributed by atoms with Crippen molar-refractivity contribution in [2.24, 2.45) is 0 Å². The average Bonchev–Trinajstić information content (AvgIpc) is 2.93. The van der Waals surface area contributed by atoms with Gasteiger partial charge in [0.1, 0.15) is 11.3 Å². The Morgan fingerprint density at radius 2 is 1.61 bits per heavy atom. The summed E-state index contributed by atoms with van der Waals surface area (Å²) in [4.78, 5) is 51.7. The van der Waals surface area contributed by atoms with Gasteiger partial charge in [-0.05, 0) is 86.2 Å². The highest BCUT2D eigenvalue weighted by atomic mass is 35.5. The molecule has 0 aliphatic carbocycles. The predicted molar refractivity (Wildman–Crippen MR) is 155 cm³/mol. The van der Waals surface area contributed by atoms with E-state index in [2.05, 4.69) is 10.6 Å². The lowest BCUT2D eigenvalue weighted by atomic mass is 10.1. The van der Waals surface area contributed by atoms with Gasteiger partial charge >= 0.3 is 6.03 Å². The first-order valence-corrected chi connectivity index (χ1v) is 13.2. The van der Waals surface area contributed by atoms with Gasteiger partial charge in [0, 0.05) is 10.7 Å². The number of nitrogens with zero attached hydrogens (tertiary/aromatic N) is 1. The minimum Gasteiger partial charge on any atom is -0.494 e. The third kappa shape index (κ3) is 7.16. The van der Waals surface area contributed by atoms with Crippen LogP contribution >= 0.6 is 23.2 Å². The van der Waals surface area contributed by atoms with Crippen molar-refractivity contribution in [3.05, 3.63) is 81.8 Å². The van der Waals surface area contributed by atoms with Gasteiger partial charge in [0.15, 0.2) is 18.1 Å². The monoisotopic (exact) mass is 597 g/mol. The average molecular weight is 598 g/mol. The lowest BCUT2D eigenvalue weighted by Gasteiger charge is -2.26. The van der Waals surface area contributed by atoms with E-state index in [1.54, 1.807) is 43.3 Å². The van der Waals surface area contributed by atoms with Crippen LogP contribution in [0.4, 0.5) is 16.2 Å². The summed E-state index contributed by atoms with van der Waals surface area (Å²) in [7, 11) is 0. The van der Waals surface area contributed by atoms with Crippen molar-refractivity contribution in [1.29, 1.82) is 0 Å². The van der Waals surface area contributed by atoms with Crippen molar-refractivity contribution in [3.8, 4) is 17.2 Å². The van der Waals surface area contributed by atoms with Gasteiger partial charge in [0.2, 0.25) is 0 Å². The van der Waals surface area contributed by atoms with Crippen LogP contribution in [0.25, 0.3) is 6.08 Å². The maximum Gasteiger partial charge on any atom is 0.335 e. The lowest BCUT2D eigenvalue weighted by molar-refractivity contribution is -0.122. The number of benzene rings is 3. The number of amides is 5. The molecule has 1 aliphatic heterocycles. The van der Waals surface area contributed by atoms with Crippen LogP contribution in [0.3, 0.4) is 0 Å². The molecule has 0 saturated carbocycles. The smallest absolute Gasteiger partial charge is 0.335 e. The number of carbonyl (C=O) groups is 4. The standard InChI is InChI=1S/C29H25Cl2N3O7/c1-3-39-21-11-9-20(10-12-21)34-28(37)22(27(36)33-29(34)38)13-17-14-23(31)26(24(15-17)40-4-2)41-16-25(35)32-19-7-5-18(30)6-8-19/h5-15H,3-4,16H2,1-2H3,(H,32,35)(H,33,36,38)/b22-13+. The number of nitrogens with one attached hydrogen (secondary N) is 2. The van der Waals surface area contributed by atoms with Crippen LogP contribution in [-0.2, 0) is 14.4 Å². The Hall–Kier alpha value is -4.54. The second kappa shape index (κ2) is 13.2. The lowest BCUT2D eigenvalue weighted by Crippen LogP contribution is -2.54. The van der Waals surface area contributed by atoms with Crippen LogP contribution in [0.2, 0.25) is 10.0 Å². The number of hydrogen-bond donors (Lipinski definition) is 2. The first-order chi connectivity index (χ1) is 19.7. The van der Waals surface area contributed by atoms with Crippen LogP contribution in [0.1, 0.15) is 19.4 Å². The van der Waals surface area contributed by atoms with E-state index in [1.807, 2.05) is 6.92 Å². The Labute approximate surface area is 245 Å². The summed E-state index contributed by atoms with van der Waals surface area (Å²) in [5, 5.41) is 5.46. The van der Waals surface area contributed by atoms with Gasteiger partial charge in [-0.15, -0.1) is 0 Å². The van der Waals surface area contributed by atoms with Crippen LogP contribution in [0, 0.1) is 0 Å². The molecule has 0 atom stereocenters. The fourth-order valence-electron chi connectivity index (χ4n) is 3.86. The maximum absolute atomic E-state index is 13.3. The van der Waals surface area contributed by atoms with Crippen molar-refractivity contribution in [3.63, 3.8) is 0 Å². The van der Waals surface area contributed by atoms with Gasteiger partial charge in [-0.25, -0.2) is 9.69 Å². The zero-order valence-electron chi connectivity index (χ0n) is 22.0. The van der Waals surface area contributed by atoms with Gasteiger partial charge in [-0.1, -0.05) is 23.2 Å². The Morgan fingerprint density at radius 1 is 0.927 bits per heavy atom. The third-order valence-corrected chi connectivity index (χ3v) is 6.16. The maximum atomic E-state index is 13.3. The van der Waals surface area contributed by atoms with Crippen LogP contribution in [0.5, 0.6) is 17.2 Å². The van der Waals surface area contributed by atoms with Crippen LogP contribution in [0.15, 0.2) is 66.2 Å². The molecule has 2 N–H and O–H groups in total. The number of rotatable bonds is 10. The van der Waals surface area contributed by atoms with Crippen molar-refractivity contribution in [1.82, 2.24) is 5.32 Å². The Bertz CT molecular complexity index is 1510. The van der Waals surface area contributed by atoms with E-state index in [4.69, 9.17) is 37.4 Å². The zero-order chi connectivity index (χ0) is 29.5. The first-order valence-electron chi connectivity index (χ1n) is 12.5. The van der Waals surface area contributed by atoms with Crippen molar-refractivity contribution in [2.75, 3.05) is 30.0 Å². The van der Waals surface area contributed by atoms with E-state index in [9.17, 15) is 19.2 Å². The molecule has 3 aromatic carbocycles. The molecular weight excluding hydrogens is 573 g/mol. The topological polar surface area (TPSA) is 123 Å². The fraction of sp³-hybridized carbons (Fsp3) is 0.172. The number of anilines is 2. The minimum absolute atomic E-state index is 0.0743. The molecule has 1 heterocycles. The predicted octanol–water partition coefficient (Wildman–Crippen LogP) is 5.47. The van der Waals surface area contributed by atoms with Gasteiger partial charge in [-0.2, -0.15) is 0 Å². The first kappa shape index (κ1) is 29.4. The summed E-state index contributed by atoms with van der Waals surface area (Å²) in [6.45, 7) is 3.90. The molecule has 0 unspecified atom stereocenters. The van der Waals surface area contributed by atoms with Gasteiger partial charge in [0.05, 0.1) is 23.9 Å². The van der Waals surface area contributed by atoms with E-state index in [0.29, 0.717) is 28.6 Å². The zero-order valence-corrected chi connectivity index (χ0v) is 23.5. The molecule has 12 heteroatoms. The second-order valence-corrected chi connectivity index (χ2v) is 9.34. The summed E-state index contributed by atoms with van der Waals surface area (Å²) < 4.78 is 16.7. The number of imide groups is 2. The molecule has 1 aliphatic rings. The highest BCUT2D eigenvalue weighted by Gasteiger charge is 2.37. The molecule has 1 saturated heterocycles. The van der Waals surface area contributed by atoms with Gasteiger partial charge < -0.3 is 19.5 Å². The summed E-state index contributed by atoms with van der Waals surface area (Å²) in [6.07, 6.45) is 1.29. The summed E-state index contributed by atoms with van der Waals surface area (Å²) in [5.41, 5.74) is 0.821. The summed E-state index contributed by atoms with van der Waals surface area (Å²) in [6, 6.07) is 14.9. The molecule has 0 radical (unpaired) electrons. The van der Waals surface area contributed by atoms with Gasteiger partial charge in [0.25, 0.3) is 17.7 Å². The number of carbonyl (C=O) groups excluding carboxylic acids is 4. The SMILES string of the molecule is CCOc1ccc(N2C(=O)NC(=O)/C(=C\c3cc(Cl)c(OCC(=O)Nc4ccc(Cl)cc4)c(OCC)c3)C2=O)cc1. The Kier molecular flexibility index (Phi) is 9.49. The minimum atomic E-state index is -0.880. The number of ether oxygens (including phenoxy) is 3. The molecule has 1 fully saturated rings. The molecule has 5 amide bonds. The van der Waals surface area contributed by atoms with Crippen LogP contribution in [-0.4, -0.2) is 43.6 Å². The van der Waals surface area contributed by atoms with E-state index in [0.717, 1.165) is 4.90 Å². The van der Waals surface area contributed by atoms with Crippen LogP contribution < -0.4 is 29.7 Å². The van der Waals surface area contributed by atoms with E-state index >= 15 is 0 Å². The molecule has 0 spiro atoms. The fourth-order valence-corrected chi connectivity index (χ4v) is 4.26. The highest BCUT2D eigenvalue weighted by molar-refractivity contribution is 6.39. The molecule has 212 valence electrons. The second-order valence-electron chi connectivity index (χ2n) is 8.49.